The predicted molar refractivity (Wildman–Crippen MR) is 95.8 cm³/mol. The molecule has 0 saturated carbocycles. The monoisotopic (exact) mass is 399 g/mol. The van der Waals surface area contributed by atoms with Gasteiger partial charge in [-0.15, -0.1) is 11.3 Å². The summed E-state index contributed by atoms with van der Waals surface area (Å²) in [5, 5.41) is 11.9. The number of thiophene rings is 1. The van der Waals surface area contributed by atoms with Crippen LogP contribution in [-0.4, -0.2) is 37.2 Å². The number of nitrogens with one attached hydrogen (secondary N) is 1. The largest absolute Gasteiger partial charge is 0.496 e. The van der Waals surface area contributed by atoms with Crippen LogP contribution in [0.15, 0.2) is 30.3 Å². The van der Waals surface area contributed by atoms with Crippen molar-refractivity contribution in [3.05, 3.63) is 45.6 Å². The normalized spacial score (nSPS) is 11.9. The van der Waals surface area contributed by atoms with Gasteiger partial charge in [-0.25, -0.2) is 0 Å². The minimum absolute atomic E-state index is 0.0192. The van der Waals surface area contributed by atoms with Crippen molar-refractivity contribution in [3.63, 3.8) is 0 Å². The Kier molecular flexibility index (Phi) is 7.12. The molecule has 2 rings (SSSR count). The minimum Gasteiger partial charge on any atom is -0.496 e. The summed E-state index contributed by atoms with van der Waals surface area (Å²) >= 11 is 0.997. The number of halogens is 2. The van der Waals surface area contributed by atoms with Gasteiger partial charge in [-0.1, -0.05) is 18.2 Å². The molecule has 1 aromatic heterocycles. The number of methoxy groups -OCH3 is 1. The lowest BCUT2D eigenvalue weighted by atomic mass is 9.98. The molecule has 9 heteroatoms. The van der Waals surface area contributed by atoms with Gasteiger partial charge in [0.15, 0.2) is 0 Å². The first-order valence-corrected chi connectivity index (χ1v) is 8.81. The van der Waals surface area contributed by atoms with Crippen LogP contribution in [0.5, 0.6) is 11.5 Å². The Morgan fingerprint density at radius 3 is 2.59 bits per heavy atom. The highest BCUT2D eigenvalue weighted by molar-refractivity contribution is 7.14. The van der Waals surface area contributed by atoms with Crippen LogP contribution in [-0.2, 0) is 11.2 Å². The van der Waals surface area contributed by atoms with Gasteiger partial charge in [-0.3, -0.25) is 9.59 Å². The fourth-order valence-corrected chi connectivity index (χ4v) is 3.37. The summed E-state index contributed by atoms with van der Waals surface area (Å²) in [6.07, 6.45) is 0.142. The summed E-state index contributed by atoms with van der Waals surface area (Å²) in [6, 6.07) is 8.33. The Bertz CT molecular complexity index is 809. The molecular formula is C18H19F2NO5S. The van der Waals surface area contributed by atoms with Gasteiger partial charge in [-0.05, 0) is 31.0 Å². The zero-order valence-electron chi connectivity index (χ0n) is 14.7. The molecule has 0 radical (unpaired) electrons. The number of carboxylic acids is 1. The van der Waals surface area contributed by atoms with Crippen molar-refractivity contribution in [1.82, 2.24) is 5.32 Å². The summed E-state index contributed by atoms with van der Waals surface area (Å²) < 4.78 is 34.5. The molecule has 2 aromatic rings. The second-order valence-corrected chi connectivity index (χ2v) is 6.95. The van der Waals surface area contributed by atoms with Gasteiger partial charge in [0.05, 0.1) is 13.0 Å². The Balaban J connectivity index is 2.08. The van der Waals surface area contributed by atoms with E-state index in [0.29, 0.717) is 16.2 Å². The van der Waals surface area contributed by atoms with E-state index in [2.05, 4.69) is 10.1 Å². The number of carbonyl (C=O) groups excluding carboxylic acids is 1. The van der Waals surface area contributed by atoms with E-state index in [0.717, 1.165) is 11.3 Å². The molecule has 1 amide bonds. The highest BCUT2D eigenvalue weighted by Gasteiger charge is 2.24. The van der Waals surface area contributed by atoms with Gasteiger partial charge < -0.3 is 19.9 Å². The second kappa shape index (κ2) is 9.31. The third-order valence-corrected chi connectivity index (χ3v) is 4.79. The summed E-state index contributed by atoms with van der Waals surface area (Å²) in [4.78, 5) is 24.5. The topological polar surface area (TPSA) is 84.9 Å². The molecule has 0 fully saturated rings. The van der Waals surface area contributed by atoms with Crippen LogP contribution in [0.3, 0.4) is 0 Å². The molecule has 0 aliphatic heterocycles. The Labute approximate surface area is 158 Å². The van der Waals surface area contributed by atoms with Crippen molar-refractivity contribution in [3.8, 4) is 11.5 Å². The van der Waals surface area contributed by atoms with Crippen molar-refractivity contribution >= 4 is 23.2 Å². The maximum absolute atomic E-state index is 12.5. The molecule has 146 valence electrons. The number of alkyl halides is 2. The number of aliphatic carboxylic acids is 1. The van der Waals surface area contributed by atoms with Crippen LogP contribution in [0.1, 0.15) is 20.1 Å². The van der Waals surface area contributed by atoms with Crippen molar-refractivity contribution < 1.29 is 33.0 Å². The molecule has 0 aliphatic carbocycles. The molecule has 2 N–H and O–H groups in total. The van der Waals surface area contributed by atoms with Crippen molar-refractivity contribution in [2.45, 2.75) is 20.0 Å². The third-order valence-electron chi connectivity index (χ3n) is 3.76. The Morgan fingerprint density at radius 2 is 1.96 bits per heavy atom. The number of para-hydroxylation sites is 1. The molecule has 0 saturated heterocycles. The number of aryl methyl sites for hydroxylation is 1. The number of carbonyl (C=O) groups is 2. The highest BCUT2D eigenvalue weighted by atomic mass is 32.1. The van der Waals surface area contributed by atoms with E-state index < -0.39 is 24.4 Å². The van der Waals surface area contributed by atoms with Gasteiger partial charge in [0, 0.05) is 11.4 Å². The van der Waals surface area contributed by atoms with E-state index in [-0.39, 0.29) is 23.6 Å². The fraction of sp³-hybridized carbons (Fsp3) is 0.333. The molecule has 0 aliphatic rings. The van der Waals surface area contributed by atoms with Gasteiger partial charge >= 0.3 is 12.6 Å². The van der Waals surface area contributed by atoms with Crippen LogP contribution in [0.2, 0.25) is 0 Å². The predicted octanol–water partition coefficient (Wildman–Crippen LogP) is 3.34. The second-order valence-electron chi connectivity index (χ2n) is 5.69. The molecular weight excluding hydrogens is 380 g/mol. The van der Waals surface area contributed by atoms with E-state index in [1.165, 1.54) is 13.2 Å². The first-order valence-electron chi connectivity index (χ1n) is 8.00. The molecule has 0 spiro atoms. The lowest BCUT2D eigenvalue weighted by Crippen LogP contribution is -2.34. The van der Waals surface area contributed by atoms with E-state index in [1.54, 1.807) is 31.2 Å². The lowest BCUT2D eigenvalue weighted by molar-refractivity contribution is -0.141. The van der Waals surface area contributed by atoms with E-state index in [1.807, 2.05) is 0 Å². The van der Waals surface area contributed by atoms with E-state index in [9.17, 15) is 23.5 Å². The molecule has 1 aromatic carbocycles. The molecule has 6 nitrogen and oxygen atoms in total. The van der Waals surface area contributed by atoms with Gasteiger partial charge in [-0.2, -0.15) is 8.78 Å². The third kappa shape index (κ3) is 5.65. The summed E-state index contributed by atoms with van der Waals surface area (Å²) in [5.74, 6) is -2.33. The summed E-state index contributed by atoms with van der Waals surface area (Å²) in [6.45, 7) is -1.57. The van der Waals surface area contributed by atoms with Gasteiger partial charge in [0.25, 0.3) is 5.91 Å². The van der Waals surface area contributed by atoms with Crippen molar-refractivity contribution in [2.75, 3.05) is 13.7 Å². The van der Waals surface area contributed by atoms with Crippen LogP contribution in [0, 0.1) is 12.8 Å². The number of ether oxygens (including phenoxy) is 2. The average molecular weight is 399 g/mol. The fourth-order valence-electron chi connectivity index (χ4n) is 2.51. The number of benzene rings is 1. The number of hydrogen-bond donors (Lipinski definition) is 2. The van der Waals surface area contributed by atoms with Crippen molar-refractivity contribution in [1.29, 1.82) is 0 Å². The average Bonchev–Trinajstić information content (AvgIpc) is 2.97. The first kappa shape index (κ1) is 20.6. The lowest BCUT2D eigenvalue weighted by Gasteiger charge is -2.15. The van der Waals surface area contributed by atoms with Crippen molar-refractivity contribution in [2.24, 2.45) is 5.92 Å². The smallest absolute Gasteiger partial charge is 0.387 e. The Hall–Kier alpha value is -2.68. The maximum atomic E-state index is 12.5. The van der Waals surface area contributed by atoms with Crippen LogP contribution < -0.4 is 14.8 Å². The molecule has 1 atom stereocenters. The molecule has 0 bridgehead atoms. The maximum Gasteiger partial charge on any atom is 0.387 e. The minimum atomic E-state index is -3.05. The molecule has 27 heavy (non-hydrogen) atoms. The zero-order chi connectivity index (χ0) is 20.0. The Morgan fingerprint density at radius 1 is 1.26 bits per heavy atom. The SMILES string of the molecule is COc1ccccc1CC(CNC(=O)c1sc(C)cc1OC(F)F)C(=O)O. The number of hydrogen-bond acceptors (Lipinski definition) is 5. The van der Waals surface area contributed by atoms with E-state index >= 15 is 0 Å². The zero-order valence-corrected chi connectivity index (χ0v) is 15.5. The standard InChI is InChI=1S/C18H19F2NO5S/c1-10-7-14(26-18(19)20)15(27-10)16(22)21-9-12(17(23)24)8-11-5-3-4-6-13(11)25-2/h3-7,12,18H,8-9H2,1-2H3,(H,21,22)(H,23,24). The number of amides is 1. The summed E-state index contributed by atoms with van der Waals surface area (Å²) in [7, 11) is 1.49. The van der Waals surface area contributed by atoms with Crippen LogP contribution >= 0.6 is 11.3 Å². The van der Waals surface area contributed by atoms with Gasteiger partial charge in [0.1, 0.15) is 16.4 Å². The van der Waals surface area contributed by atoms with Crippen LogP contribution in [0.4, 0.5) is 8.78 Å². The quantitative estimate of drug-likeness (QED) is 0.676. The number of rotatable bonds is 9. The molecule has 1 heterocycles. The highest BCUT2D eigenvalue weighted by Crippen LogP contribution is 2.30. The van der Waals surface area contributed by atoms with Crippen LogP contribution in [0.25, 0.3) is 0 Å². The summed E-state index contributed by atoms with van der Waals surface area (Å²) in [5.41, 5.74) is 0.690. The first-order chi connectivity index (χ1) is 12.8. The number of carboxylic acid groups (broad SMARTS) is 1. The molecule has 1 unspecified atom stereocenters. The van der Waals surface area contributed by atoms with Gasteiger partial charge in [0.2, 0.25) is 0 Å². The van der Waals surface area contributed by atoms with E-state index in [4.69, 9.17) is 4.74 Å².